The third kappa shape index (κ3) is 4.47. The van der Waals surface area contributed by atoms with Crippen LogP contribution in [0.3, 0.4) is 0 Å². The van der Waals surface area contributed by atoms with Crippen LogP contribution < -0.4 is 0 Å². The van der Waals surface area contributed by atoms with Crippen molar-refractivity contribution in [1.82, 2.24) is 19.9 Å². The van der Waals surface area contributed by atoms with Gasteiger partial charge in [0.05, 0.1) is 17.3 Å². The summed E-state index contributed by atoms with van der Waals surface area (Å²) in [5.41, 5.74) is 4.50. The van der Waals surface area contributed by atoms with E-state index in [1.807, 2.05) is 84.9 Å². The highest BCUT2D eigenvalue weighted by atomic mass is 35.5. The summed E-state index contributed by atoms with van der Waals surface area (Å²) in [4.78, 5) is 18.6. The molecule has 0 saturated carbocycles. The van der Waals surface area contributed by atoms with Crippen molar-refractivity contribution in [3.8, 4) is 51.5 Å². The van der Waals surface area contributed by atoms with E-state index in [1.165, 1.54) is 0 Å². The van der Waals surface area contributed by atoms with E-state index in [0.29, 0.717) is 28.7 Å². The van der Waals surface area contributed by atoms with Crippen molar-refractivity contribution in [2.24, 2.45) is 0 Å². The summed E-state index contributed by atoms with van der Waals surface area (Å²) in [7, 11) is 0. The molecule has 0 saturated heterocycles. The Labute approximate surface area is 196 Å². The second kappa shape index (κ2) is 8.99. The maximum atomic E-state index is 9.28. The first-order valence-electron chi connectivity index (χ1n) is 10.2. The molecule has 0 radical (unpaired) electrons. The summed E-state index contributed by atoms with van der Waals surface area (Å²) in [5.74, 6) is 1.74. The molecule has 0 bridgehead atoms. The van der Waals surface area contributed by atoms with Gasteiger partial charge in [-0.05, 0) is 18.2 Å². The van der Waals surface area contributed by atoms with Crippen LogP contribution in [0.4, 0.5) is 0 Å². The summed E-state index contributed by atoms with van der Waals surface area (Å²) in [6, 6.07) is 32.7. The summed E-state index contributed by atoms with van der Waals surface area (Å²) in [6.07, 6.45) is 0. The van der Waals surface area contributed by atoms with Gasteiger partial charge in [0.25, 0.3) is 0 Å². The highest BCUT2D eigenvalue weighted by molar-refractivity contribution is 6.29. The number of benzene rings is 3. The van der Waals surface area contributed by atoms with Gasteiger partial charge in [-0.15, -0.1) is 0 Å². The van der Waals surface area contributed by atoms with Crippen LogP contribution in [-0.4, -0.2) is 19.9 Å². The fraction of sp³-hybridized carbons (Fsp3) is 0. The molecule has 0 fully saturated rings. The molecule has 2 aromatic heterocycles. The number of aromatic nitrogens is 4. The molecule has 0 spiro atoms. The lowest BCUT2D eigenvalue weighted by Crippen LogP contribution is -2.00. The average molecular weight is 446 g/mol. The molecule has 2 heterocycles. The van der Waals surface area contributed by atoms with Gasteiger partial charge in [0.15, 0.2) is 17.5 Å². The molecule has 0 amide bonds. The lowest BCUT2D eigenvalue weighted by molar-refractivity contribution is 1.07. The molecule has 0 unspecified atom stereocenters. The van der Waals surface area contributed by atoms with Gasteiger partial charge in [-0.2, -0.15) is 5.26 Å². The largest absolute Gasteiger partial charge is 0.236 e. The first-order valence-corrected chi connectivity index (χ1v) is 10.6. The Hall–Kier alpha value is -4.40. The van der Waals surface area contributed by atoms with E-state index >= 15 is 0 Å². The Morgan fingerprint density at radius 1 is 0.545 bits per heavy atom. The molecule has 5 nitrogen and oxygen atoms in total. The van der Waals surface area contributed by atoms with E-state index in [4.69, 9.17) is 26.6 Å². The number of halogens is 1. The monoisotopic (exact) mass is 445 g/mol. The van der Waals surface area contributed by atoms with Gasteiger partial charge in [-0.1, -0.05) is 90.5 Å². The predicted octanol–water partition coefficient (Wildman–Crippen LogP) is 6.46. The van der Waals surface area contributed by atoms with E-state index in [9.17, 15) is 5.26 Å². The van der Waals surface area contributed by atoms with Crippen LogP contribution in [0.1, 0.15) is 5.56 Å². The zero-order valence-electron chi connectivity index (χ0n) is 17.4. The Balaban J connectivity index is 1.66. The fourth-order valence-corrected chi connectivity index (χ4v) is 3.67. The first kappa shape index (κ1) is 20.5. The molecular formula is C27H16ClN5. The molecule has 0 atom stereocenters. The summed E-state index contributed by atoms with van der Waals surface area (Å²) >= 11 is 6.12. The van der Waals surface area contributed by atoms with Crippen LogP contribution >= 0.6 is 11.6 Å². The van der Waals surface area contributed by atoms with Crippen molar-refractivity contribution in [2.45, 2.75) is 0 Å². The molecule has 5 aromatic rings. The lowest BCUT2D eigenvalue weighted by atomic mass is 10.1. The van der Waals surface area contributed by atoms with Gasteiger partial charge in [-0.25, -0.2) is 19.9 Å². The van der Waals surface area contributed by atoms with Crippen LogP contribution in [0.2, 0.25) is 5.15 Å². The summed E-state index contributed by atoms with van der Waals surface area (Å²) < 4.78 is 0. The first-order chi connectivity index (χ1) is 16.2. The minimum Gasteiger partial charge on any atom is -0.236 e. The molecule has 156 valence electrons. The number of pyridine rings is 1. The Kier molecular flexibility index (Phi) is 5.59. The van der Waals surface area contributed by atoms with Gasteiger partial charge in [0.2, 0.25) is 0 Å². The molecule has 0 N–H and O–H groups in total. The Bertz CT molecular complexity index is 1420. The zero-order valence-corrected chi connectivity index (χ0v) is 18.1. The van der Waals surface area contributed by atoms with E-state index in [2.05, 4.69) is 11.1 Å². The predicted molar refractivity (Wildman–Crippen MR) is 129 cm³/mol. The van der Waals surface area contributed by atoms with Crippen molar-refractivity contribution in [3.63, 3.8) is 0 Å². The standard InChI is InChI=1S/C27H16ClN5/c28-24-15-18(17-29)14-23(30-24)21-12-7-13-22(16-21)27-32-25(19-8-3-1-4-9-19)31-26(33-27)20-10-5-2-6-11-20/h1-16H. The van der Waals surface area contributed by atoms with Crippen LogP contribution in [-0.2, 0) is 0 Å². The van der Waals surface area contributed by atoms with Crippen LogP contribution in [0.5, 0.6) is 0 Å². The minimum absolute atomic E-state index is 0.271. The molecular weight excluding hydrogens is 430 g/mol. The number of nitriles is 1. The van der Waals surface area contributed by atoms with Gasteiger partial charge in [-0.3, -0.25) is 0 Å². The maximum Gasteiger partial charge on any atom is 0.164 e. The highest BCUT2D eigenvalue weighted by Crippen LogP contribution is 2.28. The van der Waals surface area contributed by atoms with Crippen molar-refractivity contribution >= 4 is 11.6 Å². The summed E-state index contributed by atoms with van der Waals surface area (Å²) in [6.45, 7) is 0. The van der Waals surface area contributed by atoms with Gasteiger partial charge < -0.3 is 0 Å². The van der Waals surface area contributed by atoms with Gasteiger partial charge in [0, 0.05) is 22.3 Å². The number of rotatable bonds is 4. The molecule has 0 aliphatic rings. The van der Waals surface area contributed by atoms with Crippen LogP contribution in [0.15, 0.2) is 97.1 Å². The van der Waals surface area contributed by atoms with Crippen LogP contribution in [0.25, 0.3) is 45.4 Å². The smallest absolute Gasteiger partial charge is 0.164 e. The number of nitrogens with zero attached hydrogens (tertiary/aromatic N) is 5. The molecule has 5 rings (SSSR count). The van der Waals surface area contributed by atoms with E-state index in [1.54, 1.807) is 12.1 Å². The molecule has 3 aromatic carbocycles. The topological polar surface area (TPSA) is 75.3 Å². The van der Waals surface area contributed by atoms with Crippen molar-refractivity contribution in [2.75, 3.05) is 0 Å². The second-order valence-electron chi connectivity index (χ2n) is 7.29. The number of hydrogen-bond acceptors (Lipinski definition) is 5. The van der Waals surface area contributed by atoms with E-state index in [0.717, 1.165) is 22.3 Å². The third-order valence-electron chi connectivity index (χ3n) is 5.04. The van der Waals surface area contributed by atoms with E-state index < -0.39 is 0 Å². The molecule has 33 heavy (non-hydrogen) atoms. The zero-order chi connectivity index (χ0) is 22.6. The minimum atomic E-state index is 0.271. The quantitative estimate of drug-likeness (QED) is 0.297. The van der Waals surface area contributed by atoms with Crippen molar-refractivity contribution in [3.05, 3.63) is 108 Å². The fourth-order valence-electron chi connectivity index (χ4n) is 3.46. The molecule has 6 heteroatoms. The molecule has 0 aliphatic carbocycles. The average Bonchev–Trinajstić information content (AvgIpc) is 2.89. The van der Waals surface area contributed by atoms with E-state index in [-0.39, 0.29) is 5.15 Å². The van der Waals surface area contributed by atoms with Gasteiger partial charge in [0.1, 0.15) is 5.15 Å². The highest BCUT2D eigenvalue weighted by Gasteiger charge is 2.13. The normalized spacial score (nSPS) is 10.5. The SMILES string of the molecule is N#Cc1cc(Cl)nc(-c2cccc(-c3nc(-c4ccccc4)nc(-c4ccccc4)n3)c2)c1. The van der Waals surface area contributed by atoms with Gasteiger partial charge >= 0.3 is 0 Å². The maximum absolute atomic E-state index is 9.28. The Morgan fingerprint density at radius 3 is 1.64 bits per heavy atom. The van der Waals surface area contributed by atoms with Crippen molar-refractivity contribution in [1.29, 1.82) is 5.26 Å². The molecule has 0 aliphatic heterocycles. The Morgan fingerprint density at radius 2 is 1.06 bits per heavy atom. The third-order valence-corrected chi connectivity index (χ3v) is 5.23. The lowest BCUT2D eigenvalue weighted by Gasteiger charge is -2.09. The summed E-state index contributed by atoms with van der Waals surface area (Å²) in [5, 5.41) is 9.55. The number of hydrogen-bond donors (Lipinski definition) is 0. The van der Waals surface area contributed by atoms with Crippen molar-refractivity contribution < 1.29 is 0 Å². The second-order valence-corrected chi connectivity index (χ2v) is 7.68. The van der Waals surface area contributed by atoms with Crippen LogP contribution in [0, 0.1) is 11.3 Å².